The Kier molecular flexibility index (Phi) is 21.5. The van der Waals surface area contributed by atoms with Crippen LogP contribution >= 0.6 is 0 Å². The fraction of sp³-hybridized carbons (Fsp3) is 1.00. The van der Waals surface area contributed by atoms with Crippen molar-refractivity contribution in [2.75, 3.05) is 0 Å². The van der Waals surface area contributed by atoms with Crippen LogP contribution in [-0.4, -0.2) is 104 Å². The molecule has 0 rings (SSSR count). The van der Waals surface area contributed by atoms with Crippen LogP contribution in [0, 0.1) is 0 Å². The zero-order valence-corrected chi connectivity index (χ0v) is 14.9. The largest absolute Gasteiger partial charge is 2.00 e. The molecule has 64 valence electrons. The molecule has 0 aliphatic heterocycles. The smallest absolute Gasteiger partial charge is 2.00 e. The number of hydrogen-bond acceptors (Lipinski definition) is 6. The van der Waals surface area contributed by atoms with E-state index in [1.54, 1.807) is 0 Å². The van der Waals surface area contributed by atoms with Crippen molar-refractivity contribution in [2.45, 2.75) is 11.4 Å². The minimum Gasteiger partial charge on any atom is 2.00 e. The fourth-order valence-electron chi connectivity index (χ4n) is 0. The summed E-state index contributed by atoms with van der Waals surface area (Å²) in [6, 6.07) is 0. The van der Waals surface area contributed by atoms with Gasteiger partial charge in [0.25, 0.3) is 0 Å². The molecule has 0 spiro atoms. The van der Waals surface area contributed by atoms with E-state index >= 15 is 0 Å². The summed E-state index contributed by atoms with van der Waals surface area (Å²) in [5.74, 6) is 0. The summed E-state index contributed by atoms with van der Waals surface area (Å²) in [5.41, 5.74) is 1.39. The molecule has 0 aliphatic carbocycles. The SMILES string of the molecule is C[As](=O)([O-])[O-].C[As](=O)([O-])[O-].[Ca+2].[Ca+2]. The van der Waals surface area contributed by atoms with Gasteiger partial charge in [-0.05, 0) is 0 Å². The molecule has 6 nitrogen and oxygen atoms in total. The first-order valence-corrected chi connectivity index (χ1v) is 10.3. The predicted molar refractivity (Wildman–Crippen MR) is 36.1 cm³/mol. The van der Waals surface area contributed by atoms with Crippen LogP contribution in [0.15, 0.2) is 0 Å². The Bertz CT molecular complexity index is 134. The topological polar surface area (TPSA) is 126 Å². The molecule has 0 amide bonds. The minimum atomic E-state index is -4.62. The first-order chi connectivity index (χ1) is 4.00. The summed E-state index contributed by atoms with van der Waals surface area (Å²) < 4.78 is 55.0. The average Bonchev–Trinajstić information content (AvgIpc) is 1.12. The molecule has 12 heavy (non-hydrogen) atoms. The first kappa shape index (κ1) is 24.3. The zero-order valence-electron chi connectivity index (χ0n) is 6.76. The van der Waals surface area contributed by atoms with Gasteiger partial charge in [0, 0.05) is 0 Å². The van der Waals surface area contributed by atoms with Crippen LogP contribution in [0.1, 0.15) is 0 Å². The molecule has 0 atom stereocenters. The third-order valence-electron chi connectivity index (χ3n) is 0. The van der Waals surface area contributed by atoms with Crippen LogP contribution in [0.3, 0.4) is 0 Å². The third-order valence-corrected chi connectivity index (χ3v) is 0. The van der Waals surface area contributed by atoms with Gasteiger partial charge in [0.2, 0.25) is 0 Å². The average molecular weight is 356 g/mol. The second-order valence-electron chi connectivity index (χ2n) is 1.54. The molecule has 0 aliphatic rings. The quantitative estimate of drug-likeness (QED) is 0.399. The van der Waals surface area contributed by atoms with Gasteiger partial charge in [-0.2, -0.15) is 0 Å². The van der Waals surface area contributed by atoms with Crippen molar-refractivity contribution in [3.05, 3.63) is 0 Å². The van der Waals surface area contributed by atoms with Crippen molar-refractivity contribution < 1.29 is 23.9 Å². The van der Waals surface area contributed by atoms with E-state index in [2.05, 4.69) is 0 Å². The Balaban J connectivity index is -0.0000000457. The van der Waals surface area contributed by atoms with Crippen molar-refractivity contribution in [2.24, 2.45) is 0 Å². The van der Waals surface area contributed by atoms with Crippen molar-refractivity contribution in [3.63, 3.8) is 0 Å². The van der Waals surface area contributed by atoms with Crippen molar-refractivity contribution in [1.82, 2.24) is 0 Å². The van der Waals surface area contributed by atoms with Crippen molar-refractivity contribution in [3.8, 4) is 0 Å². The van der Waals surface area contributed by atoms with Gasteiger partial charge >= 0.3 is 139 Å². The maximum atomic E-state index is 9.16. The monoisotopic (exact) mass is 356 g/mol. The number of rotatable bonds is 0. The molecule has 0 fully saturated rings. The summed E-state index contributed by atoms with van der Waals surface area (Å²) in [6.45, 7) is 0. The van der Waals surface area contributed by atoms with Gasteiger partial charge < -0.3 is 0 Å². The molecule has 0 N–H and O–H groups in total. The Labute approximate surface area is 136 Å². The molecule has 10 heteroatoms. The fourth-order valence-corrected chi connectivity index (χ4v) is 0. The van der Waals surface area contributed by atoms with Gasteiger partial charge in [0.15, 0.2) is 0 Å². The van der Waals surface area contributed by atoms with Crippen LogP contribution in [0.4, 0.5) is 0 Å². The van der Waals surface area contributed by atoms with Gasteiger partial charge in [0.05, 0.1) is 0 Å². The molecule has 0 aromatic rings. The van der Waals surface area contributed by atoms with E-state index in [9.17, 15) is 0 Å². The molecule has 0 saturated carbocycles. The van der Waals surface area contributed by atoms with E-state index in [1.807, 2.05) is 0 Å². The van der Waals surface area contributed by atoms with Crippen LogP contribution in [0.5, 0.6) is 0 Å². The summed E-state index contributed by atoms with van der Waals surface area (Å²) in [5, 5.41) is 0. The van der Waals surface area contributed by atoms with Gasteiger partial charge in [0.1, 0.15) is 0 Å². The maximum absolute atomic E-state index is 9.16. The Hall–Kier alpha value is 3.08. The predicted octanol–water partition coefficient (Wildman–Crippen LogP) is -5.35. The van der Waals surface area contributed by atoms with E-state index in [4.69, 9.17) is 23.9 Å². The van der Waals surface area contributed by atoms with Gasteiger partial charge in [-0.15, -0.1) is 0 Å². The van der Waals surface area contributed by atoms with Crippen LogP contribution in [0.2, 0.25) is 11.4 Å². The van der Waals surface area contributed by atoms with E-state index < -0.39 is 28.3 Å². The van der Waals surface area contributed by atoms with Crippen molar-refractivity contribution >= 4 is 104 Å². The molecule has 0 bridgehead atoms. The van der Waals surface area contributed by atoms with E-state index in [0.29, 0.717) is 11.4 Å². The van der Waals surface area contributed by atoms with Gasteiger partial charge in [-0.25, -0.2) is 0 Å². The normalized spacial score (nSPS) is 9.83. The maximum Gasteiger partial charge on any atom is 2.00 e. The second kappa shape index (κ2) is 10.6. The second-order valence-corrected chi connectivity index (χ2v) is 8.02. The summed E-state index contributed by atoms with van der Waals surface area (Å²) in [4.78, 5) is 0. The van der Waals surface area contributed by atoms with Gasteiger partial charge in [-0.3, -0.25) is 0 Å². The Morgan fingerprint density at radius 2 is 0.750 bits per heavy atom. The first-order valence-electron chi connectivity index (χ1n) is 1.99. The molecular formula is C2H6As2Ca2O6. The van der Waals surface area contributed by atoms with Crippen molar-refractivity contribution in [1.29, 1.82) is 0 Å². The van der Waals surface area contributed by atoms with E-state index in [1.165, 1.54) is 0 Å². The minimum absolute atomic E-state index is 0. The molecular weight excluding hydrogens is 350 g/mol. The Morgan fingerprint density at radius 1 is 0.750 bits per heavy atom. The molecule has 0 radical (unpaired) electrons. The number of hydrogen-bond donors (Lipinski definition) is 0. The molecule has 0 aromatic carbocycles. The summed E-state index contributed by atoms with van der Waals surface area (Å²) in [7, 11) is 0. The molecule has 0 saturated heterocycles. The standard InChI is InChI=1S/2CH5AsO3.2Ca/c2*1-2(3,4)5;;/h2*1H3,(H2,3,4,5);;/q;;2*+2/p-4. The van der Waals surface area contributed by atoms with E-state index in [-0.39, 0.29) is 75.5 Å². The van der Waals surface area contributed by atoms with Crippen LogP contribution in [-0.2, 0) is 7.48 Å². The molecule has 0 heterocycles. The molecule has 0 aromatic heterocycles. The molecule has 0 unspecified atom stereocenters. The van der Waals surface area contributed by atoms with Gasteiger partial charge in [-0.1, -0.05) is 0 Å². The van der Waals surface area contributed by atoms with Crippen LogP contribution < -0.4 is 16.4 Å². The van der Waals surface area contributed by atoms with Crippen LogP contribution in [0.25, 0.3) is 0 Å². The summed E-state index contributed by atoms with van der Waals surface area (Å²) in [6.07, 6.45) is 0. The Morgan fingerprint density at radius 3 is 0.750 bits per heavy atom. The summed E-state index contributed by atoms with van der Waals surface area (Å²) >= 11 is -9.25. The third kappa shape index (κ3) is 202. The van der Waals surface area contributed by atoms with E-state index in [0.717, 1.165) is 0 Å². The zero-order chi connectivity index (χ0) is 9.00.